The zero-order valence-corrected chi connectivity index (χ0v) is 15.1. The summed E-state index contributed by atoms with van der Waals surface area (Å²) in [6.07, 6.45) is 3.34. The molecule has 4 nitrogen and oxygen atoms in total. The van der Waals surface area contributed by atoms with E-state index >= 15 is 0 Å². The first-order valence-corrected chi connectivity index (χ1v) is 8.88. The van der Waals surface area contributed by atoms with E-state index in [9.17, 15) is 4.79 Å². The van der Waals surface area contributed by atoms with Crippen LogP contribution in [0.3, 0.4) is 0 Å². The van der Waals surface area contributed by atoms with Crippen LogP contribution in [0.2, 0.25) is 0 Å². The second-order valence-corrected chi connectivity index (χ2v) is 6.26. The van der Waals surface area contributed by atoms with Crippen LogP contribution in [-0.2, 0) is 4.79 Å². The zero-order chi connectivity index (χ0) is 18.1. The number of carbonyl (C=O) groups is 1. The first kappa shape index (κ1) is 19.0. The van der Waals surface area contributed by atoms with Crippen molar-refractivity contribution in [1.82, 2.24) is 5.32 Å². The Morgan fingerprint density at radius 3 is 2.36 bits per heavy atom. The monoisotopic (exact) mass is 340 g/mol. The van der Waals surface area contributed by atoms with E-state index in [-0.39, 0.29) is 24.4 Å². The topological polar surface area (TPSA) is 64.4 Å². The summed E-state index contributed by atoms with van der Waals surface area (Å²) in [5.74, 6) is 0.795. The van der Waals surface area contributed by atoms with Crippen LogP contribution in [0.4, 0.5) is 0 Å². The van der Waals surface area contributed by atoms with Crippen LogP contribution >= 0.6 is 0 Å². The molecule has 0 saturated heterocycles. The Bertz CT molecular complexity index is 641. The summed E-state index contributed by atoms with van der Waals surface area (Å²) in [6.45, 7) is 2.15. The normalized spacial score (nSPS) is 13.1. The Kier molecular flexibility index (Phi) is 7.48. The molecule has 0 spiro atoms. The number of amides is 1. The molecule has 0 aliphatic heterocycles. The van der Waals surface area contributed by atoms with Crippen LogP contribution in [-0.4, -0.2) is 13.0 Å². The van der Waals surface area contributed by atoms with Gasteiger partial charge in [0.05, 0.1) is 13.2 Å². The van der Waals surface area contributed by atoms with Crippen LogP contribution in [0.5, 0.6) is 5.75 Å². The van der Waals surface area contributed by atoms with Gasteiger partial charge in [-0.15, -0.1) is 0 Å². The van der Waals surface area contributed by atoms with Crippen molar-refractivity contribution in [2.75, 3.05) is 7.11 Å². The van der Waals surface area contributed by atoms with E-state index in [1.165, 1.54) is 0 Å². The van der Waals surface area contributed by atoms with Gasteiger partial charge < -0.3 is 15.8 Å². The van der Waals surface area contributed by atoms with E-state index in [1.807, 2.05) is 54.6 Å². The number of rotatable bonds is 9. The Labute approximate surface area is 150 Å². The van der Waals surface area contributed by atoms with E-state index in [1.54, 1.807) is 7.11 Å². The third-order valence-corrected chi connectivity index (χ3v) is 4.33. The number of carbonyl (C=O) groups excluding carboxylic acids is 1. The maximum atomic E-state index is 12.5. The molecule has 2 rings (SSSR count). The third-order valence-electron chi connectivity index (χ3n) is 4.33. The molecule has 0 aliphatic carbocycles. The lowest BCUT2D eigenvalue weighted by atomic mass is 9.99. The van der Waals surface area contributed by atoms with Crippen molar-refractivity contribution in [2.45, 2.75) is 44.7 Å². The van der Waals surface area contributed by atoms with E-state index in [2.05, 4.69) is 12.2 Å². The molecule has 2 atom stereocenters. The van der Waals surface area contributed by atoms with E-state index in [4.69, 9.17) is 10.5 Å². The molecule has 0 fully saturated rings. The molecule has 0 aromatic heterocycles. The number of methoxy groups -OCH3 is 1. The summed E-state index contributed by atoms with van der Waals surface area (Å²) in [4.78, 5) is 12.5. The molecule has 0 bridgehead atoms. The summed E-state index contributed by atoms with van der Waals surface area (Å²) in [5.41, 5.74) is 8.24. The summed E-state index contributed by atoms with van der Waals surface area (Å²) in [7, 11) is 1.65. The van der Waals surface area contributed by atoms with Crippen molar-refractivity contribution in [3.05, 3.63) is 65.7 Å². The molecule has 1 amide bonds. The smallest absolute Gasteiger partial charge is 0.222 e. The maximum Gasteiger partial charge on any atom is 0.222 e. The molecule has 0 aliphatic rings. The van der Waals surface area contributed by atoms with Crippen molar-refractivity contribution in [3.8, 4) is 5.75 Å². The molecule has 0 heterocycles. The fourth-order valence-corrected chi connectivity index (χ4v) is 2.84. The van der Waals surface area contributed by atoms with Crippen LogP contribution in [0.15, 0.2) is 54.6 Å². The zero-order valence-electron chi connectivity index (χ0n) is 15.1. The Morgan fingerprint density at radius 2 is 1.76 bits per heavy atom. The third kappa shape index (κ3) is 5.91. The fourth-order valence-electron chi connectivity index (χ4n) is 2.84. The Balaban J connectivity index is 2.01. The molecule has 0 saturated carbocycles. The van der Waals surface area contributed by atoms with Crippen LogP contribution in [0, 0.1) is 0 Å². The van der Waals surface area contributed by atoms with Crippen molar-refractivity contribution in [2.24, 2.45) is 5.73 Å². The average Bonchev–Trinajstić information content (AvgIpc) is 2.66. The van der Waals surface area contributed by atoms with Gasteiger partial charge in [0.1, 0.15) is 5.75 Å². The lowest BCUT2D eigenvalue weighted by Crippen LogP contribution is -2.31. The predicted molar refractivity (Wildman–Crippen MR) is 101 cm³/mol. The van der Waals surface area contributed by atoms with E-state index in [0.717, 1.165) is 36.1 Å². The SMILES string of the molecule is CCCCC(NC(=O)CC(N)c1ccccc1)c1ccc(OC)cc1. The molecule has 0 radical (unpaired) electrons. The summed E-state index contributed by atoms with van der Waals surface area (Å²) < 4.78 is 5.21. The predicted octanol–water partition coefficient (Wildman–Crippen LogP) is 4.13. The lowest BCUT2D eigenvalue weighted by Gasteiger charge is -2.21. The first-order valence-electron chi connectivity index (χ1n) is 8.88. The van der Waals surface area contributed by atoms with Gasteiger partial charge in [0.25, 0.3) is 0 Å². The summed E-state index contributed by atoms with van der Waals surface area (Å²) in [6, 6.07) is 17.3. The number of hydrogen-bond acceptors (Lipinski definition) is 3. The van der Waals surface area contributed by atoms with Gasteiger partial charge in [-0.2, -0.15) is 0 Å². The molecule has 134 valence electrons. The van der Waals surface area contributed by atoms with Gasteiger partial charge in [0.2, 0.25) is 5.91 Å². The molecule has 2 unspecified atom stereocenters. The minimum absolute atomic E-state index is 0.00123. The lowest BCUT2D eigenvalue weighted by molar-refractivity contribution is -0.122. The number of nitrogens with two attached hydrogens (primary N) is 1. The van der Waals surface area contributed by atoms with Gasteiger partial charge in [0.15, 0.2) is 0 Å². The van der Waals surface area contributed by atoms with Gasteiger partial charge >= 0.3 is 0 Å². The van der Waals surface area contributed by atoms with Gasteiger partial charge in [-0.05, 0) is 29.7 Å². The Morgan fingerprint density at radius 1 is 1.08 bits per heavy atom. The highest BCUT2D eigenvalue weighted by molar-refractivity contribution is 5.77. The molecular weight excluding hydrogens is 312 g/mol. The second kappa shape index (κ2) is 9.84. The first-order chi connectivity index (χ1) is 12.1. The summed E-state index contributed by atoms with van der Waals surface area (Å²) in [5, 5.41) is 3.15. The highest BCUT2D eigenvalue weighted by Crippen LogP contribution is 2.23. The van der Waals surface area contributed by atoms with Gasteiger partial charge in [-0.25, -0.2) is 0 Å². The number of benzene rings is 2. The second-order valence-electron chi connectivity index (χ2n) is 6.26. The average molecular weight is 340 g/mol. The van der Waals surface area contributed by atoms with Crippen molar-refractivity contribution in [3.63, 3.8) is 0 Å². The molecule has 2 aromatic carbocycles. The minimum Gasteiger partial charge on any atom is -0.497 e. The summed E-state index contributed by atoms with van der Waals surface area (Å²) >= 11 is 0. The highest BCUT2D eigenvalue weighted by Gasteiger charge is 2.17. The van der Waals surface area contributed by atoms with Crippen LogP contribution in [0.25, 0.3) is 0 Å². The van der Waals surface area contributed by atoms with Gasteiger partial charge in [0, 0.05) is 12.5 Å². The van der Waals surface area contributed by atoms with Crippen molar-refractivity contribution in [1.29, 1.82) is 0 Å². The number of nitrogens with one attached hydrogen (secondary N) is 1. The molecule has 2 aromatic rings. The van der Waals surface area contributed by atoms with Crippen molar-refractivity contribution >= 4 is 5.91 Å². The van der Waals surface area contributed by atoms with Crippen molar-refractivity contribution < 1.29 is 9.53 Å². The van der Waals surface area contributed by atoms with E-state index < -0.39 is 0 Å². The standard InChI is InChI=1S/C21H28N2O2/c1-3-4-10-20(17-11-13-18(25-2)14-12-17)23-21(24)15-19(22)16-8-6-5-7-9-16/h5-9,11-14,19-20H,3-4,10,15,22H2,1-2H3,(H,23,24). The largest absolute Gasteiger partial charge is 0.497 e. The van der Waals surface area contributed by atoms with Gasteiger partial charge in [-0.1, -0.05) is 62.2 Å². The molecular formula is C21H28N2O2. The fraction of sp³-hybridized carbons (Fsp3) is 0.381. The Hall–Kier alpha value is -2.33. The molecule has 4 heteroatoms. The van der Waals surface area contributed by atoms with Crippen LogP contribution in [0.1, 0.15) is 55.8 Å². The quantitative estimate of drug-likeness (QED) is 0.721. The molecule has 25 heavy (non-hydrogen) atoms. The van der Waals surface area contributed by atoms with Crippen LogP contribution < -0.4 is 15.8 Å². The molecule has 3 N–H and O–H groups in total. The highest BCUT2D eigenvalue weighted by atomic mass is 16.5. The van der Waals surface area contributed by atoms with E-state index in [0.29, 0.717) is 0 Å². The number of hydrogen-bond donors (Lipinski definition) is 2. The number of ether oxygens (including phenoxy) is 1. The number of unbranched alkanes of at least 4 members (excludes halogenated alkanes) is 1. The van der Waals surface area contributed by atoms with Gasteiger partial charge in [-0.3, -0.25) is 4.79 Å². The minimum atomic E-state index is -0.288. The maximum absolute atomic E-state index is 12.5.